The Balaban J connectivity index is 1.91. The van der Waals surface area contributed by atoms with Crippen molar-refractivity contribution in [2.75, 3.05) is 30.3 Å². The molecule has 3 rings (SSSR count). The zero-order valence-corrected chi connectivity index (χ0v) is 11.0. The fourth-order valence-electron chi connectivity index (χ4n) is 2.60. The number of piperidine rings is 1. The first-order valence-corrected chi connectivity index (χ1v) is 6.66. The van der Waals surface area contributed by atoms with E-state index >= 15 is 0 Å². The third-order valence-electron chi connectivity index (χ3n) is 3.64. The number of fused-ring (bicyclic) bond motifs is 1. The maximum Gasteiger partial charge on any atom is 0.0614 e. The van der Waals surface area contributed by atoms with E-state index in [9.17, 15) is 0 Å². The summed E-state index contributed by atoms with van der Waals surface area (Å²) in [5.74, 6) is 0. The van der Waals surface area contributed by atoms with Gasteiger partial charge < -0.3 is 16.0 Å². The quantitative estimate of drug-likeness (QED) is 0.679. The molecule has 1 aromatic carbocycles. The highest BCUT2D eigenvalue weighted by Gasteiger charge is 2.35. The second-order valence-electron chi connectivity index (χ2n) is 4.82. The summed E-state index contributed by atoms with van der Waals surface area (Å²) in [5.41, 5.74) is 2.27. The summed E-state index contributed by atoms with van der Waals surface area (Å²) in [4.78, 5) is 0. The summed E-state index contributed by atoms with van der Waals surface area (Å²) < 4.78 is 0. The smallest absolute Gasteiger partial charge is 0.0614 e. The molecule has 0 saturated carbocycles. The molecule has 2 heterocycles. The minimum absolute atomic E-state index is 0.162. The lowest BCUT2D eigenvalue weighted by Gasteiger charge is -2.43. The molecule has 0 bridgehead atoms. The van der Waals surface area contributed by atoms with E-state index in [2.05, 4.69) is 16.0 Å². The predicted molar refractivity (Wildman–Crippen MR) is 73.4 cm³/mol. The summed E-state index contributed by atoms with van der Waals surface area (Å²) in [6.07, 6.45) is 2.25. The number of rotatable bonds is 0. The first kappa shape index (κ1) is 11.5. The number of hydrogen-bond donors (Lipinski definition) is 3. The van der Waals surface area contributed by atoms with Crippen molar-refractivity contribution >= 4 is 34.6 Å². The third kappa shape index (κ3) is 2.07. The van der Waals surface area contributed by atoms with Crippen LogP contribution in [0.2, 0.25) is 10.0 Å². The summed E-state index contributed by atoms with van der Waals surface area (Å²) in [6, 6.07) is 3.80. The summed E-state index contributed by atoms with van der Waals surface area (Å²) >= 11 is 12.1. The van der Waals surface area contributed by atoms with Crippen molar-refractivity contribution in [3.8, 4) is 0 Å². The lowest BCUT2D eigenvalue weighted by Crippen LogP contribution is -2.54. The zero-order valence-electron chi connectivity index (χ0n) is 9.45. The van der Waals surface area contributed by atoms with E-state index in [1.165, 1.54) is 0 Å². The minimum Gasteiger partial charge on any atom is -0.381 e. The molecule has 17 heavy (non-hydrogen) atoms. The zero-order chi connectivity index (χ0) is 11.9. The number of anilines is 2. The monoisotopic (exact) mass is 271 g/mol. The largest absolute Gasteiger partial charge is 0.381 e. The standard InChI is InChI=1S/C12H15Cl2N3/c13-8-5-10-11(6-9(8)14)17-12(7-16-10)1-3-15-4-2-12/h5-6,15-17H,1-4,7H2. The highest BCUT2D eigenvalue weighted by Crippen LogP contribution is 2.38. The van der Waals surface area contributed by atoms with Crippen LogP contribution in [0.4, 0.5) is 11.4 Å². The third-order valence-corrected chi connectivity index (χ3v) is 4.36. The van der Waals surface area contributed by atoms with Crippen molar-refractivity contribution in [1.82, 2.24) is 5.32 Å². The summed E-state index contributed by atoms with van der Waals surface area (Å²) in [5, 5.41) is 11.7. The molecule has 0 radical (unpaired) electrons. The lowest BCUT2D eigenvalue weighted by atomic mass is 9.86. The fourth-order valence-corrected chi connectivity index (χ4v) is 2.93. The van der Waals surface area contributed by atoms with Gasteiger partial charge in [0.25, 0.3) is 0 Å². The molecular weight excluding hydrogens is 257 g/mol. The first-order chi connectivity index (χ1) is 8.19. The molecule has 92 valence electrons. The molecule has 1 aromatic rings. The van der Waals surface area contributed by atoms with Crippen LogP contribution >= 0.6 is 23.2 Å². The Morgan fingerprint density at radius 1 is 1.00 bits per heavy atom. The van der Waals surface area contributed by atoms with Crippen molar-refractivity contribution in [2.45, 2.75) is 18.4 Å². The molecule has 1 saturated heterocycles. The Hall–Kier alpha value is -0.640. The molecule has 1 spiro atoms. The van der Waals surface area contributed by atoms with Gasteiger partial charge in [-0.25, -0.2) is 0 Å². The van der Waals surface area contributed by atoms with Crippen LogP contribution in [-0.4, -0.2) is 25.2 Å². The highest BCUT2D eigenvalue weighted by atomic mass is 35.5. The van der Waals surface area contributed by atoms with E-state index < -0.39 is 0 Å². The number of hydrogen-bond acceptors (Lipinski definition) is 3. The second-order valence-corrected chi connectivity index (χ2v) is 5.64. The Labute approximate surface area is 111 Å². The van der Waals surface area contributed by atoms with Gasteiger partial charge in [-0.1, -0.05) is 23.2 Å². The lowest BCUT2D eigenvalue weighted by molar-refractivity contribution is 0.349. The van der Waals surface area contributed by atoms with E-state index in [0.29, 0.717) is 10.0 Å². The van der Waals surface area contributed by atoms with E-state index in [1.54, 1.807) is 0 Å². The van der Waals surface area contributed by atoms with E-state index in [-0.39, 0.29) is 5.54 Å². The van der Waals surface area contributed by atoms with Crippen LogP contribution in [0.25, 0.3) is 0 Å². The molecule has 0 aliphatic carbocycles. The highest BCUT2D eigenvalue weighted by molar-refractivity contribution is 6.42. The van der Waals surface area contributed by atoms with Gasteiger partial charge in [-0.3, -0.25) is 0 Å². The fraction of sp³-hybridized carbons (Fsp3) is 0.500. The van der Waals surface area contributed by atoms with Crippen LogP contribution in [0.1, 0.15) is 12.8 Å². The Bertz CT molecular complexity index is 442. The first-order valence-electron chi connectivity index (χ1n) is 5.90. The molecule has 1 fully saturated rings. The molecule has 5 heteroatoms. The van der Waals surface area contributed by atoms with Crippen LogP contribution in [0.15, 0.2) is 12.1 Å². The molecule has 0 amide bonds. The number of benzene rings is 1. The Morgan fingerprint density at radius 3 is 2.35 bits per heavy atom. The van der Waals surface area contributed by atoms with Crippen molar-refractivity contribution < 1.29 is 0 Å². The van der Waals surface area contributed by atoms with E-state index in [1.807, 2.05) is 12.1 Å². The average Bonchev–Trinajstić information content (AvgIpc) is 2.33. The summed E-state index contributed by atoms with van der Waals surface area (Å²) in [7, 11) is 0. The van der Waals surface area contributed by atoms with Crippen molar-refractivity contribution in [3.63, 3.8) is 0 Å². The molecule has 3 nitrogen and oxygen atoms in total. The number of nitrogens with one attached hydrogen (secondary N) is 3. The van der Waals surface area contributed by atoms with Gasteiger partial charge in [-0.2, -0.15) is 0 Å². The van der Waals surface area contributed by atoms with Crippen molar-refractivity contribution in [3.05, 3.63) is 22.2 Å². The molecule has 2 aliphatic heterocycles. The van der Waals surface area contributed by atoms with Crippen LogP contribution in [0.5, 0.6) is 0 Å². The number of halogens is 2. The van der Waals surface area contributed by atoms with Gasteiger partial charge in [-0.15, -0.1) is 0 Å². The normalized spacial score (nSPS) is 21.5. The van der Waals surface area contributed by atoms with Crippen LogP contribution in [0.3, 0.4) is 0 Å². The average molecular weight is 272 g/mol. The van der Waals surface area contributed by atoms with Crippen molar-refractivity contribution in [2.24, 2.45) is 0 Å². The topological polar surface area (TPSA) is 36.1 Å². The Kier molecular flexibility index (Phi) is 2.85. The Morgan fingerprint density at radius 2 is 1.65 bits per heavy atom. The SMILES string of the molecule is Clc1cc2c(cc1Cl)NC1(CCNCC1)CN2. The molecular formula is C12H15Cl2N3. The van der Waals surface area contributed by atoms with Gasteiger partial charge in [0.2, 0.25) is 0 Å². The van der Waals surface area contributed by atoms with Crippen molar-refractivity contribution in [1.29, 1.82) is 0 Å². The van der Waals surface area contributed by atoms with Gasteiger partial charge in [0.15, 0.2) is 0 Å². The predicted octanol–water partition coefficient (Wildman–Crippen LogP) is 2.95. The molecule has 0 unspecified atom stereocenters. The van der Waals surface area contributed by atoms with E-state index in [0.717, 1.165) is 43.9 Å². The van der Waals surface area contributed by atoms with Gasteiger partial charge in [0, 0.05) is 6.54 Å². The van der Waals surface area contributed by atoms with Gasteiger partial charge in [0.05, 0.1) is 27.0 Å². The molecule has 0 atom stereocenters. The van der Waals surface area contributed by atoms with Crippen LogP contribution < -0.4 is 16.0 Å². The maximum absolute atomic E-state index is 6.06. The molecule has 2 aliphatic rings. The van der Waals surface area contributed by atoms with Gasteiger partial charge in [0.1, 0.15) is 0 Å². The summed E-state index contributed by atoms with van der Waals surface area (Å²) in [6.45, 7) is 3.07. The van der Waals surface area contributed by atoms with Crippen LogP contribution in [0, 0.1) is 0 Å². The van der Waals surface area contributed by atoms with Gasteiger partial charge >= 0.3 is 0 Å². The van der Waals surface area contributed by atoms with Crippen LogP contribution in [-0.2, 0) is 0 Å². The molecule has 0 aromatic heterocycles. The van der Waals surface area contributed by atoms with Gasteiger partial charge in [-0.05, 0) is 38.1 Å². The second kappa shape index (κ2) is 4.23. The molecule has 3 N–H and O–H groups in total. The minimum atomic E-state index is 0.162. The van der Waals surface area contributed by atoms with E-state index in [4.69, 9.17) is 23.2 Å². The maximum atomic E-state index is 6.06.